The Labute approximate surface area is 317 Å². The van der Waals surface area contributed by atoms with Crippen LogP contribution in [0.2, 0.25) is 0 Å². The van der Waals surface area contributed by atoms with Gasteiger partial charge in [0.05, 0.1) is 0 Å². The standard InChI is InChI=1S/C44H63N3O4S/c1-3-5-6-7-8-9-10-11-12-13-14-21-42(48)46-37-25-23-35(24-26-37)44(50)45-30-16-22-43(49)51-41-20-15-18-36-34-38(27-28-40(36)41)47(31-4-2)32-29-39-19-17-33-52-39/h15,17-20,23-26,33,38H,3-14,16,21-22,27-32,34H2,1-2H3,(H,45,50)(H,46,48). The molecule has 2 aromatic carbocycles. The molecule has 0 aliphatic heterocycles. The minimum Gasteiger partial charge on any atom is -0.426 e. The van der Waals surface area contributed by atoms with Crippen molar-refractivity contribution < 1.29 is 19.1 Å². The van der Waals surface area contributed by atoms with Gasteiger partial charge in [-0.05, 0) is 104 Å². The Balaban J connectivity index is 1.09. The highest BCUT2D eigenvalue weighted by molar-refractivity contribution is 7.09. The van der Waals surface area contributed by atoms with Crippen LogP contribution in [-0.2, 0) is 28.9 Å². The van der Waals surface area contributed by atoms with Crippen LogP contribution in [0.4, 0.5) is 5.69 Å². The van der Waals surface area contributed by atoms with E-state index in [2.05, 4.69) is 53.0 Å². The number of fused-ring (bicyclic) bond motifs is 1. The minimum atomic E-state index is -0.276. The van der Waals surface area contributed by atoms with E-state index in [0.29, 0.717) is 42.4 Å². The first-order valence-electron chi connectivity index (χ1n) is 20.2. The maximum atomic E-state index is 12.8. The van der Waals surface area contributed by atoms with E-state index in [1.807, 2.05) is 23.5 Å². The second kappa shape index (κ2) is 23.9. The summed E-state index contributed by atoms with van der Waals surface area (Å²) >= 11 is 1.83. The van der Waals surface area contributed by atoms with Crippen LogP contribution < -0.4 is 15.4 Å². The fraction of sp³-hybridized carbons (Fsp3) is 0.568. The van der Waals surface area contributed by atoms with Crippen LogP contribution in [0.15, 0.2) is 60.0 Å². The molecule has 1 heterocycles. The second-order valence-electron chi connectivity index (χ2n) is 14.4. The SMILES string of the molecule is CCCCCCCCCCCCCC(=O)Nc1ccc(C(=O)NCCCC(=O)Oc2cccc3c2CCC(N(CCC)CCc2cccs2)C3)cc1. The lowest BCUT2D eigenvalue weighted by Crippen LogP contribution is -2.41. The zero-order chi connectivity index (χ0) is 36.8. The first-order valence-corrected chi connectivity index (χ1v) is 21.1. The number of thiophene rings is 1. The van der Waals surface area contributed by atoms with Gasteiger partial charge in [-0.3, -0.25) is 19.3 Å². The van der Waals surface area contributed by atoms with Gasteiger partial charge in [0, 0.05) is 48.1 Å². The molecule has 3 aromatic rings. The van der Waals surface area contributed by atoms with E-state index in [-0.39, 0.29) is 24.2 Å². The van der Waals surface area contributed by atoms with E-state index in [9.17, 15) is 14.4 Å². The van der Waals surface area contributed by atoms with Crippen LogP contribution in [0, 0.1) is 0 Å². The van der Waals surface area contributed by atoms with Gasteiger partial charge in [0.25, 0.3) is 5.91 Å². The van der Waals surface area contributed by atoms with Crippen molar-refractivity contribution >= 4 is 34.8 Å². The van der Waals surface area contributed by atoms with Gasteiger partial charge >= 0.3 is 5.97 Å². The van der Waals surface area contributed by atoms with E-state index in [1.165, 1.54) is 68.2 Å². The van der Waals surface area contributed by atoms with E-state index in [0.717, 1.165) is 63.6 Å². The first-order chi connectivity index (χ1) is 25.5. The largest absolute Gasteiger partial charge is 0.426 e. The summed E-state index contributed by atoms with van der Waals surface area (Å²) in [6.07, 6.45) is 20.2. The molecule has 4 rings (SSSR count). The number of rotatable bonds is 25. The monoisotopic (exact) mass is 729 g/mol. The van der Waals surface area contributed by atoms with Gasteiger partial charge in [-0.25, -0.2) is 0 Å². The van der Waals surface area contributed by atoms with Crippen molar-refractivity contribution in [2.45, 2.75) is 142 Å². The van der Waals surface area contributed by atoms with Crippen molar-refractivity contribution in [2.24, 2.45) is 0 Å². The number of hydrogen-bond donors (Lipinski definition) is 2. The number of carbonyl (C=O) groups excluding carboxylic acids is 3. The molecule has 284 valence electrons. The first kappa shape index (κ1) is 41.3. The number of ether oxygens (including phenoxy) is 1. The summed E-state index contributed by atoms with van der Waals surface area (Å²) in [5, 5.41) is 8.00. The number of anilines is 1. The third-order valence-electron chi connectivity index (χ3n) is 10.2. The van der Waals surface area contributed by atoms with E-state index in [4.69, 9.17) is 4.74 Å². The molecule has 0 radical (unpaired) electrons. The lowest BCUT2D eigenvalue weighted by Gasteiger charge is -2.35. The predicted octanol–water partition coefficient (Wildman–Crippen LogP) is 10.3. The van der Waals surface area contributed by atoms with E-state index < -0.39 is 0 Å². The Morgan fingerprint density at radius 2 is 1.52 bits per heavy atom. The maximum absolute atomic E-state index is 12.8. The summed E-state index contributed by atoms with van der Waals surface area (Å²) in [5.74, 6) is 0.212. The van der Waals surface area contributed by atoms with Crippen LogP contribution in [0.3, 0.4) is 0 Å². The van der Waals surface area contributed by atoms with Gasteiger partial charge in [0.1, 0.15) is 5.75 Å². The quantitative estimate of drug-likeness (QED) is 0.0515. The highest BCUT2D eigenvalue weighted by Crippen LogP contribution is 2.32. The molecule has 2 N–H and O–H groups in total. The van der Waals surface area contributed by atoms with E-state index in [1.54, 1.807) is 24.3 Å². The number of carbonyl (C=O) groups is 3. The number of esters is 1. The Bertz CT molecular complexity index is 1470. The highest BCUT2D eigenvalue weighted by atomic mass is 32.1. The summed E-state index contributed by atoms with van der Waals surface area (Å²) in [7, 11) is 0. The Kier molecular flexibility index (Phi) is 19.0. The van der Waals surface area contributed by atoms with Crippen molar-refractivity contribution in [1.29, 1.82) is 0 Å². The molecule has 1 unspecified atom stereocenters. The van der Waals surface area contributed by atoms with Gasteiger partial charge in [-0.1, -0.05) is 96.3 Å². The van der Waals surface area contributed by atoms with Crippen LogP contribution in [-0.4, -0.2) is 48.4 Å². The summed E-state index contributed by atoms with van der Waals surface area (Å²) in [4.78, 5) is 42.0. The second-order valence-corrected chi connectivity index (χ2v) is 15.4. The summed E-state index contributed by atoms with van der Waals surface area (Å²) in [5.41, 5.74) is 3.65. The number of amides is 2. The van der Waals surface area contributed by atoms with Crippen molar-refractivity contribution in [2.75, 3.05) is 25.0 Å². The van der Waals surface area contributed by atoms with Crippen molar-refractivity contribution in [3.05, 3.63) is 81.5 Å². The molecule has 0 spiro atoms. The molecule has 1 atom stereocenters. The molecule has 2 amide bonds. The molecular formula is C44H63N3O4S. The fourth-order valence-electron chi connectivity index (χ4n) is 7.22. The Morgan fingerprint density at radius 1 is 0.788 bits per heavy atom. The van der Waals surface area contributed by atoms with Crippen molar-refractivity contribution in [3.63, 3.8) is 0 Å². The molecule has 0 saturated carbocycles. The predicted molar refractivity (Wildman–Crippen MR) is 215 cm³/mol. The Morgan fingerprint density at radius 3 is 2.21 bits per heavy atom. The molecule has 8 heteroatoms. The molecule has 0 fully saturated rings. The topological polar surface area (TPSA) is 87.7 Å². The summed E-state index contributed by atoms with van der Waals surface area (Å²) in [6, 6.07) is 17.9. The number of nitrogens with zero attached hydrogens (tertiary/aromatic N) is 1. The summed E-state index contributed by atoms with van der Waals surface area (Å²) in [6.45, 7) is 7.04. The zero-order valence-electron chi connectivity index (χ0n) is 31.9. The van der Waals surface area contributed by atoms with Gasteiger partial charge in [0.2, 0.25) is 5.91 Å². The third-order valence-corrected chi connectivity index (χ3v) is 11.1. The molecular weight excluding hydrogens is 667 g/mol. The van der Waals surface area contributed by atoms with Crippen LogP contribution >= 0.6 is 11.3 Å². The Hall–Kier alpha value is -3.49. The van der Waals surface area contributed by atoms with Crippen LogP contribution in [0.1, 0.15) is 143 Å². The average Bonchev–Trinajstić information content (AvgIpc) is 3.68. The summed E-state index contributed by atoms with van der Waals surface area (Å²) < 4.78 is 5.85. The number of unbranched alkanes of at least 4 members (excludes halogenated alkanes) is 10. The van der Waals surface area contributed by atoms with Gasteiger partial charge in [-0.15, -0.1) is 11.3 Å². The van der Waals surface area contributed by atoms with Gasteiger partial charge in [0.15, 0.2) is 0 Å². The lowest BCUT2D eigenvalue weighted by molar-refractivity contribution is -0.134. The third kappa shape index (κ3) is 14.9. The van der Waals surface area contributed by atoms with Gasteiger partial charge < -0.3 is 15.4 Å². The minimum absolute atomic E-state index is 0.0132. The molecule has 0 saturated heterocycles. The fourth-order valence-corrected chi connectivity index (χ4v) is 7.92. The number of benzene rings is 2. The van der Waals surface area contributed by atoms with Crippen molar-refractivity contribution in [1.82, 2.24) is 10.2 Å². The number of nitrogens with one attached hydrogen (secondary N) is 2. The highest BCUT2D eigenvalue weighted by Gasteiger charge is 2.26. The molecule has 7 nitrogen and oxygen atoms in total. The normalized spacial score (nSPS) is 13.9. The zero-order valence-corrected chi connectivity index (χ0v) is 32.7. The molecule has 52 heavy (non-hydrogen) atoms. The molecule has 1 aliphatic rings. The average molecular weight is 730 g/mol. The molecule has 0 bridgehead atoms. The molecule has 1 aliphatic carbocycles. The lowest BCUT2D eigenvalue weighted by atomic mass is 9.86. The van der Waals surface area contributed by atoms with Gasteiger partial charge in [-0.2, -0.15) is 0 Å². The van der Waals surface area contributed by atoms with Crippen LogP contribution in [0.5, 0.6) is 5.75 Å². The number of hydrogen-bond acceptors (Lipinski definition) is 6. The van der Waals surface area contributed by atoms with E-state index >= 15 is 0 Å². The smallest absolute Gasteiger partial charge is 0.311 e. The van der Waals surface area contributed by atoms with Crippen LogP contribution in [0.25, 0.3) is 0 Å². The van der Waals surface area contributed by atoms with Crippen molar-refractivity contribution in [3.8, 4) is 5.75 Å². The maximum Gasteiger partial charge on any atom is 0.311 e. The molecule has 1 aromatic heterocycles.